The molecule has 0 spiro atoms. The van der Waals surface area contributed by atoms with E-state index in [2.05, 4.69) is 35.0 Å². The van der Waals surface area contributed by atoms with Gasteiger partial charge in [0.15, 0.2) is 11.5 Å². The van der Waals surface area contributed by atoms with Crippen LogP contribution in [0.2, 0.25) is 5.02 Å². The van der Waals surface area contributed by atoms with Gasteiger partial charge >= 0.3 is 0 Å². The first-order valence-corrected chi connectivity index (χ1v) is 12.1. The van der Waals surface area contributed by atoms with Crippen LogP contribution in [0.1, 0.15) is 24.1 Å². The number of fused-ring (bicyclic) bond motifs is 2. The molecular weight excluding hydrogens is 492 g/mol. The molecule has 0 amide bonds. The third-order valence-electron chi connectivity index (χ3n) is 6.67. The van der Waals surface area contributed by atoms with Crippen LogP contribution in [0.25, 0.3) is 33.5 Å². The third-order valence-corrected chi connectivity index (χ3v) is 6.97. The van der Waals surface area contributed by atoms with Crippen molar-refractivity contribution in [2.75, 3.05) is 11.4 Å². The molecular formula is C25H19ClN10O. The Balaban J connectivity index is 1.41. The first-order valence-electron chi connectivity index (χ1n) is 11.7. The number of para-hydroxylation sites is 1. The molecule has 7 rings (SSSR count). The summed E-state index contributed by atoms with van der Waals surface area (Å²) in [5, 5.41) is 13.4. The number of hydrogen-bond acceptors (Lipinski definition) is 8. The van der Waals surface area contributed by atoms with Crippen LogP contribution in [-0.4, -0.2) is 50.9 Å². The van der Waals surface area contributed by atoms with E-state index in [4.69, 9.17) is 16.7 Å². The second-order valence-corrected chi connectivity index (χ2v) is 9.21. The average molecular weight is 511 g/mol. The van der Waals surface area contributed by atoms with Crippen molar-refractivity contribution in [2.45, 2.75) is 19.4 Å². The summed E-state index contributed by atoms with van der Waals surface area (Å²) < 4.78 is 3.19. The molecule has 1 aromatic carbocycles. The minimum atomic E-state index is -0.230. The number of rotatable bonds is 4. The molecule has 1 aliphatic heterocycles. The molecule has 0 saturated carbocycles. The van der Waals surface area contributed by atoms with Crippen LogP contribution >= 0.6 is 11.6 Å². The van der Waals surface area contributed by atoms with Crippen LogP contribution < -0.4 is 10.5 Å². The number of nitrogens with one attached hydrogen (secondary N) is 1. The smallest absolute Gasteiger partial charge is 0.284 e. The Labute approximate surface area is 214 Å². The molecule has 12 heteroatoms. The van der Waals surface area contributed by atoms with Crippen molar-refractivity contribution in [3.63, 3.8) is 0 Å². The van der Waals surface area contributed by atoms with Gasteiger partial charge in [0.1, 0.15) is 23.5 Å². The van der Waals surface area contributed by atoms with E-state index in [1.165, 1.54) is 6.33 Å². The molecule has 1 saturated heterocycles. The number of aryl methyl sites for hydroxylation is 1. The fourth-order valence-corrected chi connectivity index (χ4v) is 5.01. The van der Waals surface area contributed by atoms with Gasteiger partial charge in [-0.15, -0.1) is 0 Å². The molecule has 6 heterocycles. The van der Waals surface area contributed by atoms with Gasteiger partial charge < -0.3 is 4.90 Å². The van der Waals surface area contributed by atoms with Gasteiger partial charge in [0.05, 0.1) is 27.8 Å². The highest BCUT2D eigenvalue weighted by Crippen LogP contribution is 2.41. The monoisotopic (exact) mass is 510 g/mol. The van der Waals surface area contributed by atoms with Crippen LogP contribution in [0.3, 0.4) is 0 Å². The largest absolute Gasteiger partial charge is 0.345 e. The van der Waals surface area contributed by atoms with Crippen molar-refractivity contribution >= 4 is 34.0 Å². The third kappa shape index (κ3) is 3.31. The number of benzene rings is 1. The van der Waals surface area contributed by atoms with Crippen LogP contribution in [0.4, 0.5) is 5.82 Å². The Kier molecular flexibility index (Phi) is 4.80. The molecule has 1 atom stereocenters. The SMILES string of the molecule is Cc1ncc(-c2[nH]nc3ncnc(N4CCC4c4nn5ccc(Cl)c5c(=O)n4-c4ccccc4)c23)cn1. The fraction of sp³-hybridized carbons (Fsp3) is 0.160. The molecule has 0 radical (unpaired) electrons. The first-order chi connectivity index (χ1) is 18.1. The number of aromatic amines is 1. The maximum absolute atomic E-state index is 13.7. The highest BCUT2D eigenvalue weighted by molar-refractivity contribution is 6.33. The summed E-state index contributed by atoms with van der Waals surface area (Å²) in [6.45, 7) is 2.56. The molecule has 0 aliphatic carbocycles. The minimum absolute atomic E-state index is 0.214. The number of aromatic nitrogens is 9. The number of hydrogen-bond donors (Lipinski definition) is 1. The summed E-state index contributed by atoms with van der Waals surface area (Å²) in [6, 6.07) is 10.9. The summed E-state index contributed by atoms with van der Waals surface area (Å²) >= 11 is 6.36. The molecule has 1 fully saturated rings. The van der Waals surface area contributed by atoms with Crippen LogP contribution in [0.5, 0.6) is 0 Å². The van der Waals surface area contributed by atoms with Crippen molar-refractivity contribution < 1.29 is 0 Å². The Hall–Kier alpha value is -4.64. The summed E-state index contributed by atoms with van der Waals surface area (Å²) in [6.07, 6.45) is 7.48. The van der Waals surface area contributed by atoms with Crippen molar-refractivity contribution in [3.05, 3.63) is 88.3 Å². The predicted molar refractivity (Wildman–Crippen MR) is 138 cm³/mol. The van der Waals surface area contributed by atoms with Crippen molar-refractivity contribution in [1.82, 2.24) is 44.3 Å². The van der Waals surface area contributed by atoms with Gasteiger partial charge in [0, 0.05) is 30.7 Å². The lowest BCUT2D eigenvalue weighted by molar-refractivity contribution is 0.424. The lowest BCUT2D eigenvalue weighted by atomic mass is 10.0. The van der Waals surface area contributed by atoms with E-state index < -0.39 is 0 Å². The quantitative estimate of drug-likeness (QED) is 0.382. The normalized spacial score (nSPS) is 15.4. The van der Waals surface area contributed by atoms with Crippen molar-refractivity contribution in [3.8, 4) is 16.9 Å². The van der Waals surface area contributed by atoms with Crippen LogP contribution in [0.15, 0.2) is 66.1 Å². The van der Waals surface area contributed by atoms with Gasteiger partial charge in [0.2, 0.25) is 0 Å². The molecule has 5 aromatic heterocycles. The van der Waals surface area contributed by atoms with Gasteiger partial charge in [-0.3, -0.25) is 14.5 Å². The van der Waals surface area contributed by atoms with E-state index in [1.54, 1.807) is 33.7 Å². The second kappa shape index (κ2) is 8.20. The van der Waals surface area contributed by atoms with Gasteiger partial charge in [0.25, 0.3) is 5.56 Å². The minimum Gasteiger partial charge on any atom is -0.345 e. The molecule has 1 N–H and O–H groups in total. The van der Waals surface area contributed by atoms with Crippen molar-refractivity contribution in [1.29, 1.82) is 0 Å². The Morgan fingerprint density at radius 1 is 1.05 bits per heavy atom. The predicted octanol–water partition coefficient (Wildman–Crippen LogP) is 3.52. The molecule has 0 bridgehead atoms. The molecule has 37 heavy (non-hydrogen) atoms. The maximum Gasteiger partial charge on any atom is 0.284 e. The molecule has 6 aromatic rings. The number of H-pyrrole nitrogens is 1. The van der Waals surface area contributed by atoms with E-state index in [0.717, 1.165) is 35.3 Å². The summed E-state index contributed by atoms with van der Waals surface area (Å²) in [5.74, 6) is 1.97. The molecule has 1 aliphatic rings. The van der Waals surface area contributed by atoms with Crippen molar-refractivity contribution in [2.24, 2.45) is 0 Å². The van der Waals surface area contributed by atoms with Gasteiger partial charge in [-0.25, -0.2) is 24.5 Å². The molecule has 1 unspecified atom stereocenters. The Morgan fingerprint density at radius 2 is 1.86 bits per heavy atom. The number of anilines is 1. The Morgan fingerprint density at radius 3 is 2.62 bits per heavy atom. The zero-order valence-electron chi connectivity index (χ0n) is 19.6. The van der Waals surface area contributed by atoms with E-state index in [1.807, 2.05) is 37.3 Å². The lowest BCUT2D eigenvalue weighted by Gasteiger charge is -2.42. The highest BCUT2D eigenvalue weighted by atomic mass is 35.5. The first kappa shape index (κ1) is 21.6. The van der Waals surface area contributed by atoms with E-state index in [0.29, 0.717) is 33.7 Å². The zero-order chi connectivity index (χ0) is 25.1. The van der Waals surface area contributed by atoms with Gasteiger partial charge in [-0.2, -0.15) is 10.2 Å². The summed E-state index contributed by atoms with van der Waals surface area (Å²) in [5.41, 5.74) is 2.87. The van der Waals surface area contributed by atoms with E-state index in [9.17, 15) is 4.79 Å². The molecule has 11 nitrogen and oxygen atoms in total. The van der Waals surface area contributed by atoms with Crippen LogP contribution in [0, 0.1) is 6.92 Å². The summed E-state index contributed by atoms with van der Waals surface area (Å²) in [7, 11) is 0. The summed E-state index contributed by atoms with van der Waals surface area (Å²) in [4.78, 5) is 33.5. The molecule has 182 valence electrons. The maximum atomic E-state index is 13.7. The lowest BCUT2D eigenvalue weighted by Crippen LogP contribution is -2.45. The fourth-order valence-electron chi connectivity index (χ4n) is 4.79. The van der Waals surface area contributed by atoms with Crippen LogP contribution in [-0.2, 0) is 0 Å². The number of nitrogens with zero attached hydrogens (tertiary/aromatic N) is 9. The van der Waals surface area contributed by atoms with E-state index in [-0.39, 0.29) is 11.6 Å². The standard InChI is InChI=1S/C25H19ClN10O/c1-14-27-11-15(12-28-14)20-19-22(32-31-20)29-13-30-24(19)34-9-8-18(34)23-33-35-10-7-17(26)21(35)25(37)36(23)16-5-3-2-4-6-16/h2-7,10-13,18H,8-9H2,1H3,(H,29,30,31,32). The van der Waals surface area contributed by atoms with Gasteiger partial charge in [-0.05, 0) is 31.5 Å². The number of halogens is 1. The second-order valence-electron chi connectivity index (χ2n) is 8.80. The van der Waals surface area contributed by atoms with E-state index >= 15 is 0 Å². The highest BCUT2D eigenvalue weighted by Gasteiger charge is 2.37. The topological polar surface area (TPSA) is 123 Å². The van der Waals surface area contributed by atoms with Gasteiger partial charge in [-0.1, -0.05) is 29.8 Å². The zero-order valence-corrected chi connectivity index (χ0v) is 20.3. The Bertz CT molecular complexity index is 1840. The average Bonchev–Trinajstić information content (AvgIpc) is 3.49.